The molecular weight excluding hydrogens is 293 g/mol. The van der Waals surface area contributed by atoms with Crippen molar-refractivity contribution in [1.29, 1.82) is 0 Å². The Balaban J connectivity index is 0.000000217. The van der Waals surface area contributed by atoms with Gasteiger partial charge in [-0.2, -0.15) is 0 Å². The third-order valence-electron chi connectivity index (χ3n) is 2.90. The number of hydrogen-bond donors (Lipinski definition) is 0. The van der Waals surface area contributed by atoms with Crippen molar-refractivity contribution in [2.45, 2.75) is 40.0 Å². The number of benzene rings is 1. The summed E-state index contributed by atoms with van der Waals surface area (Å²) in [4.78, 5) is 7.97. The van der Waals surface area contributed by atoms with Crippen LogP contribution in [0.15, 0.2) is 40.7 Å². The second kappa shape index (κ2) is 8.70. The van der Waals surface area contributed by atoms with E-state index < -0.39 is 0 Å². The van der Waals surface area contributed by atoms with Gasteiger partial charge in [0.05, 0.1) is 0 Å². The zero-order valence-corrected chi connectivity index (χ0v) is 13.4. The first-order chi connectivity index (χ1) is 9.60. The minimum absolute atomic E-state index is 0.499. The zero-order chi connectivity index (χ0) is 15.0. The molecule has 0 bridgehead atoms. The summed E-state index contributed by atoms with van der Waals surface area (Å²) >= 11 is 4.45. The van der Waals surface area contributed by atoms with Crippen LogP contribution in [0.2, 0.25) is 0 Å². The molecule has 0 spiro atoms. The number of aromatic nitrogens is 2. The third-order valence-corrected chi connectivity index (χ3v) is 3.12. The Labute approximate surface area is 129 Å². The fourth-order valence-corrected chi connectivity index (χ4v) is 2.06. The molecule has 20 heavy (non-hydrogen) atoms. The Morgan fingerprint density at radius 2 is 1.80 bits per heavy atom. The van der Waals surface area contributed by atoms with Gasteiger partial charge < -0.3 is 0 Å². The second-order valence-electron chi connectivity index (χ2n) is 4.76. The molecule has 2 rings (SSSR count). The summed E-state index contributed by atoms with van der Waals surface area (Å²) in [6.07, 6.45) is 4.43. The maximum absolute atomic E-state index is 4.45. The first-order valence-corrected chi connectivity index (χ1v) is 7.19. The Morgan fingerprint density at radius 3 is 2.20 bits per heavy atom. The van der Waals surface area contributed by atoms with E-state index >= 15 is 0 Å². The van der Waals surface area contributed by atoms with Gasteiger partial charge >= 0.3 is 81.0 Å². The van der Waals surface area contributed by atoms with Gasteiger partial charge in [-0.25, -0.2) is 9.97 Å². The van der Waals surface area contributed by atoms with Crippen molar-refractivity contribution in [3.8, 4) is 0 Å². The molecule has 0 saturated heterocycles. The molecule has 3 nitrogen and oxygen atoms in total. The fourth-order valence-electron chi connectivity index (χ4n) is 1.76. The number of rotatable bonds is 3. The van der Waals surface area contributed by atoms with Gasteiger partial charge in [0.1, 0.15) is 5.82 Å². The second-order valence-corrected chi connectivity index (χ2v) is 4.98. The van der Waals surface area contributed by atoms with E-state index in [1.165, 1.54) is 11.1 Å². The van der Waals surface area contributed by atoms with Crippen molar-refractivity contribution in [3.63, 3.8) is 0 Å². The molecule has 0 atom stereocenters. The average Bonchev–Trinajstić information content (AvgIpc) is 2.48. The fraction of sp³-hybridized carbons (Fsp3) is 0.375. The minimum atomic E-state index is 0.499. The summed E-state index contributed by atoms with van der Waals surface area (Å²) in [7, 11) is 0. The predicted octanol–water partition coefficient (Wildman–Crippen LogP) is 4.52. The molecule has 0 aliphatic carbocycles. The van der Waals surface area contributed by atoms with E-state index in [-0.39, 0.29) is 0 Å². The van der Waals surface area contributed by atoms with Crippen LogP contribution in [0.25, 0.3) is 0 Å². The number of hydrogen-bond acceptors (Lipinski definition) is 3. The first-order valence-electron chi connectivity index (χ1n) is 6.74. The molecule has 2 aromatic rings. The van der Waals surface area contributed by atoms with Crippen LogP contribution in [0.3, 0.4) is 0 Å². The Hall–Kier alpha value is -1.41. The number of aryl methyl sites for hydroxylation is 2. The monoisotopic (exact) mass is 313 g/mol. The van der Waals surface area contributed by atoms with E-state index in [9.17, 15) is 0 Å². The SMILES string of the molecule is CCc1ncccn1.Cc1cccc(C(C)C)c1[N]=[Ni]. The van der Waals surface area contributed by atoms with Gasteiger partial charge in [-0.05, 0) is 6.07 Å². The van der Waals surface area contributed by atoms with E-state index in [1.807, 2.05) is 26.0 Å². The van der Waals surface area contributed by atoms with Crippen LogP contribution in [0.4, 0.5) is 5.69 Å². The topological polar surface area (TPSA) is 38.1 Å². The summed E-state index contributed by atoms with van der Waals surface area (Å²) in [5.74, 6) is 1.41. The van der Waals surface area contributed by atoms with Crippen molar-refractivity contribution in [1.82, 2.24) is 9.97 Å². The van der Waals surface area contributed by atoms with Gasteiger partial charge in [-0.15, -0.1) is 0 Å². The quantitative estimate of drug-likeness (QED) is 0.781. The summed E-state index contributed by atoms with van der Waals surface area (Å²) in [6, 6.07) is 8.01. The van der Waals surface area contributed by atoms with Gasteiger partial charge in [0, 0.05) is 18.8 Å². The Kier molecular flexibility index (Phi) is 7.24. The molecule has 0 aliphatic rings. The van der Waals surface area contributed by atoms with Crippen molar-refractivity contribution in [3.05, 3.63) is 53.6 Å². The number of nitrogens with zero attached hydrogens (tertiary/aromatic N) is 3. The Morgan fingerprint density at radius 1 is 1.15 bits per heavy atom. The van der Waals surface area contributed by atoms with E-state index in [4.69, 9.17) is 0 Å². The van der Waals surface area contributed by atoms with E-state index in [1.54, 1.807) is 12.4 Å². The van der Waals surface area contributed by atoms with Gasteiger partial charge in [0.15, 0.2) is 0 Å². The molecule has 0 saturated carbocycles. The molecule has 1 aromatic carbocycles. The molecule has 0 unspecified atom stereocenters. The third kappa shape index (κ3) is 4.94. The van der Waals surface area contributed by atoms with Gasteiger partial charge in [-0.1, -0.05) is 6.92 Å². The van der Waals surface area contributed by atoms with E-state index in [0.717, 1.165) is 17.9 Å². The molecular formula is C16H21N3Ni. The van der Waals surface area contributed by atoms with Crippen LogP contribution in [0, 0.1) is 6.92 Å². The molecule has 4 heteroatoms. The summed E-state index contributed by atoms with van der Waals surface area (Å²) in [5, 5.41) is 0. The zero-order valence-electron chi connectivity index (χ0n) is 12.4. The average molecular weight is 314 g/mol. The Bertz CT molecular complexity index is 539. The predicted molar refractivity (Wildman–Crippen MR) is 78.8 cm³/mol. The first kappa shape index (κ1) is 16.6. The van der Waals surface area contributed by atoms with Crippen LogP contribution >= 0.6 is 0 Å². The molecule has 0 N–H and O–H groups in total. The van der Waals surface area contributed by atoms with Gasteiger partial charge in [-0.3, -0.25) is 0 Å². The molecule has 0 fully saturated rings. The maximum atomic E-state index is 4.45. The molecule has 1 aromatic heterocycles. The summed E-state index contributed by atoms with van der Waals surface area (Å²) < 4.78 is 3.92. The van der Waals surface area contributed by atoms with Crippen LogP contribution in [0.5, 0.6) is 0 Å². The molecule has 1 heterocycles. The van der Waals surface area contributed by atoms with Gasteiger partial charge in [0.2, 0.25) is 0 Å². The molecule has 110 valence electrons. The van der Waals surface area contributed by atoms with Crippen molar-refractivity contribution < 1.29 is 15.3 Å². The van der Waals surface area contributed by atoms with Crippen LogP contribution in [-0.2, 0) is 21.7 Å². The molecule has 0 radical (unpaired) electrons. The van der Waals surface area contributed by atoms with Crippen molar-refractivity contribution in [2.24, 2.45) is 4.03 Å². The van der Waals surface area contributed by atoms with E-state index in [2.05, 4.69) is 55.2 Å². The molecule has 0 aliphatic heterocycles. The van der Waals surface area contributed by atoms with Crippen LogP contribution < -0.4 is 0 Å². The van der Waals surface area contributed by atoms with E-state index in [0.29, 0.717) is 5.92 Å². The molecule has 0 amide bonds. The van der Waals surface area contributed by atoms with Gasteiger partial charge in [0.25, 0.3) is 0 Å². The summed E-state index contributed by atoms with van der Waals surface area (Å²) in [5.41, 5.74) is 3.42. The standard InChI is InChI=1S/C10H13N.C6H8N2.Ni/c1-7(2)9-6-4-5-8(3)10(9)11;1-2-6-7-4-3-5-8-6;/h4-7H,1-3H3;3-5H,2H2,1H3;. The van der Waals surface area contributed by atoms with Crippen molar-refractivity contribution >= 4 is 5.69 Å². The normalized spacial score (nSPS) is 9.95. The van der Waals surface area contributed by atoms with Crippen molar-refractivity contribution in [2.75, 3.05) is 0 Å². The van der Waals surface area contributed by atoms with Crippen LogP contribution in [0.1, 0.15) is 43.6 Å². The van der Waals surface area contributed by atoms with Crippen LogP contribution in [-0.4, -0.2) is 9.97 Å². The summed E-state index contributed by atoms with van der Waals surface area (Å²) in [6.45, 7) is 8.39.